The van der Waals surface area contributed by atoms with Crippen LogP contribution in [0.1, 0.15) is 17.3 Å². The van der Waals surface area contributed by atoms with E-state index in [9.17, 15) is 22.4 Å². The van der Waals surface area contributed by atoms with Gasteiger partial charge in [-0.15, -0.1) is 0 Å². The second-order valence-electron chi connectivity index (χ2n) is 7.69. The van der Waals surface area contributed by atoms with Crippen LogP contribution in [0.25, 0.3) is 22.2 Å². The monoisotopic (exact) mass is 493 g/mol. The molecule has 0 saturated heterocycles. The molecule has 0 aliphatic rings. The summed E-state index contributed by atoms with van der Waals surface area (Å²) in [6, 6.07) is 19.5. The van der Waals surface area contributed by atoms with E-state index >= 15 is 0 Å². The highest BCUT2D eigenvalue weighted by molar-refractivity contribution is 7.89. The summed E-state index contributed by atoms with van der Waals surface area (Å²) in [7, 11) is -3.86. The van der Waals surface area contributed by atoms with E-state index in [1.54, 1.807) is 36.4 Å². The number of anilines is 1. The highest BCUT2D eigenvalue weighted by atomic mass is 32.2. The lowest BCUT2D eigenvalue weighted by Gasteiger charge is -2.15. The van der Waals surface area contributed by atoms with Gasteiger partial charge in [-0.3, -0.25) is 4.79 Å². The molecule has 1 amide bonds. The van der Waals surface area contributed by atoms with Gasteiger partial charge in [0.15, 0.2) is 6.10 Å². The van der Waals surface area contributed by atoms with E-state index in [0.717, 1.165) is 0 Å². The maximum absolute atomic E-state index is 13.3. The molecular formula is C25H20FN3O5S. The summed E-state index contributed by atoms with van der Waals surface area (Å²) in [4.78, 5) is 30.1. The molecule has 10 heteroatoms. The number of carbonyl (C=O) groups excluding carboxylic acids is 2. The molecule has 0 saturated carbocycles. The van der Waals surface area contributed by atoms with Gasteiger partial charge in [0.2, 0.25) is 10.0 Å². The minimum absolute atomic E-state index is 0.100. The number of pyridine rings is 1. The Balaban J connectivity index is 1.55. The van der Waals surface area contributed by atoms with Gasteiger partial charge < -0.3 is 10.1 Å². The van der Waals surface area contributed by atoms with Crippen molar-refractivity contribution in [2.75, 3.05) is 5.32 Å². The molecule has 0 fully saturated rings. The number of fused-ring (bicyclic) bond motifs is 1. The van der Waals surface area contributed by atoms with Gasteiger partial charge >= 0.3 is 5.97 Å². The fraction of sp³-hybridized carbons (Fsp3) is 0.0800. The van der Waals surface area contributed by atoms with Crippen LogP contribution in [-0.4, -0.2) is 31.4 Å². The Labute approximate surface area is 200 Å². The first kappa shape index (κ1) is 24.0. The second-order valence-corrected chi connectivity index (χ2v) is 9.25. The van der Waals surface area contributed by atoms with Crippen molar-refractivity contribution in [1.82, 2.24) is 4.98 Å². The summed E-state index contributed by atoms with van der Waals surface area (Å²) >= 11 is 0. The number of para-hydroxylation sites is 1. The third-order valence-corrected chi connectivity index (χ3v) is 6.11. The summed E-state index contributed by atoms with van der Waals surface area (Å²) in [6.07, 6.45) is -1.17. The van der Waals surface area contributed by atoms with E-state index < -0.39 is 33.8 Å². The molecule has 0 bridgehead atoms. The van der Waals surface area contributed by atoms with E-state index in [4.69, 9.17) is 9.88 Å². The smallest absolute Gasteiger partial charge is 0.339 e. The standard InChI is InChI=1S/C25H20FN3O5S/c1-15(24(30)28-18-10-12-19(13-11-18)35(27,32)33)34-25(31)21-14-23(16-6-8-17(26)9-7-16)29-22-5-3-2-4-20(21)22/h2-15H,1H3,(H,28,30)(H2,27,32,33)/t15-/m1/s1. The van der Waals surface area contributed by atoms with Crippen molar-refractivity contribution < 1.29 is 27.1 Å². The van der Waals surface area contributed by atoms with Gasteiger partial charge in [0.25, 0.3) is 5.91 Å². The van der Waals surface area contributed by atoms with Crippen LogP contribution < -0.4 is 10.5 Å². The van der Waals surface area contributed by atoms with Gasteiger partial charge in [-0.05, 0) is 67.6 Å². The zero-order valence-corrected chi connectivity index (χ0v) is 19.3. The average molecular weight is 494 g/mol. The molecule has 0 aliphatic heterocycles. The molecule has 1 aromatic heterocycles. The van der Waals surface area contributed by atoms with Crippen molar-refractivity contribution in [2.24, 2.45) is 5.14 Å². The number of esters is 1. The molecule has 3 N–H and O–H groups in total. The SMILES string of the molecule is C[C@@H](OC(=O)c1cc(-c2ccc(F)cc2)nc2ccccc12)C(=O)Nc1ccc(S(N)(=O)=O)cc1. The third-order valence-electron chi connectivity index (χ3n) is 5.18. The highest BCUT2D eigenvalue weighted by Crippen LogP contribution is 2.26. The minimum Gasteiger partial charge on any atom is -0.449 e. The number of rotatable bonds is 6. The van der Waals surface area contributed by atoms with Gasteiger partial charge in [-0.1, -0.05) is 18.2 Å². The number of primary sulfonamides is 1. The van der Waals surface area contributed by atoms with Crippen molar-refractivity contribution >= 4 is 38.5 Å². The first-order valence-corrected chi connectivity index (χ1v) is 12.0. The van der Waals surface area contributed by atoms with E-state index in [-0.39, 0.29) is 10.5 Å². The molecule has 1 heterocycles. The summed E-state index contributed by atoms with van der Waals surface area (Å²) in [5.74, 6) is -1.74. The number of nitrogens with two attached hydrogens (primary N) is 1. The van der Waals surface area contributed by atoms with Crippen molar-refractivity contribution in [1.29, 1.82) is 0 Å². The summed E-state index contributed by atoms with van der Waals surface area (Å²) in [6.45, 7) is 1.41. The fourth-order valence-electron chi connectivity index (χ4n) is 3.36. The number of benzene rings is 3. The Morgan fingerprint density at radius 2 is 1.66 bits per heavy atom. The zero-order chi connectivity index (χ0) is 25.2. The number of aromatic nitrogens is 1. The number of amides is 1. The average Bonchev–Trinajstić information content (AvgIpc) is 2.83. The molecule has 4 rings (SSSR count). The van der Waals surface area contributed by atoms with E-state index in [2.05, 4.69) is 10.3 Å². The van der Waals surface area contributed by atoms with Crippen LogP contribution in [0.15, 0.2) is 83.8 Å². The molecule has 4 aromatic rings. The fourth-order valence-corrected chi connectivity index (χ4v) is 3.88. The third kappa shape index (κ3) is 5.51. The minimum atomic E-state index is -3.86. The Morgan fingerprint density at radius 3 is 2.31 bits per heavy atom. The first-order valence-electron chi connectivity index (χ1n) is 10.4. The normalized spacial score (nSPS) is 12.2. The number of ether oxygens (including phenoxy) is 1. The highest BCUT2D eigenvalue weighted by Gasteiger charge is 2.22. The molecular weight excluding hydrogens is 473 g/mol. The quantitative estimate of drug-likeness (QED) is 0.393. The van der Waals surface area contributed by atoms with Crippen molar-refractivity contribution in [3.05, 3.63) is 90.2 Å². The van der Waals surface area contributed by atoms with Crippen molar-refractivity contribution in [3.8, 4) is 11.3 Å². The molecule has 35 heavy (non-hydrogen) atoms. The molecule has 1 atom stereocenters. The van der Waals surface area contributed by atoms with Crippen LogP contribution in [0.2, 0.25) is 0 Å². The second kappa shape index (κ2) is 9.61. The molecule has 0 radical (unpaired) electrons. The largest absolute Gasteiger partial charge is 0.449 e. The topological polar surface area (TPSA) is 128 Å². The summed E-state index contributed by atoms with van der Waals surface area (Å²) < 4.78 is 41.5. The van der Waals surface area contributed by atoms with Gasteiger partial charge in [0.1, 0.15) is 5.82 Å². The van der Waals surface area contributed by atoms with Crippen LogP contribution >= 0.6 is 0 Å². The van der Waals surface area contributed by atoms with E-state index in [1.807, 2.05) is 0 Å². The number of hydrogen-bond donors (Lipinski definition) is 2. The lowest BCUT2D eigenvalue weighted by molar-refractivity contribution is -0.123. The van der Waals surface area contributed by atoms with E-state index in [0.29, 0.717) is 27.8 Å². The molecule has 178 valence electrons. The predicted molar refractivity (Wildman–Crippen MR) is 128 cm³/mol. The summed E-state index contributed by atoms with van der Waals surface area (Å²) in [5, 5.41) is 8.16. The van der Waals surface area contributed by atoms with Crippen LogP contribution in [0, 0.1) is 5.82 Å². The van der Waals surface area contributed by atoms with E-state index in [1.165, 1.54) is 49.4 Å². The first-order chi connectivity index (χ1) is 16.6. The Kier molecular flexibility index (Phi) is 6.59. The molecule has 8 nitrogen and oxygen atoms in total. The molecule has 3 aromatic carbocycles. The molecule has 0 aliphatic carbocycles. The van der Waals surface area contributed by atoms with Gasteiger partial charge in [0, 0.05) is 16.6 Å². The van der Waals surface area contributed by atoms with Gasteiger partial charge in [0.05, 0.1) is 21.7 Å². The van der Waals surface area contributed by atoms with Crippen LogP contribution in [-0.2, 0) is 19.6 Å². The van der Waals surface area contributed by atoms with Crippen LogP contribution in [0.4, 0.5) is 10.1 Å². The number of halogens is 1. The molecule has 0 unspecified atom stereocenters. The van der Waals surface area contributed by atoms with Gasteiger partial charge in [-0.2, -0.15) is 0 Å². The Hall–Kier alpha value is -4.15. The summed E-state index contributed by atoms with van der Waals surface area (Å²) in [5.41, 5.74) is 2.10. The number of nitrogens with zero attached hydrogens (tertiary/aromatic N) is 1. The number of nitrogens with one attached hydrogen (secondary N) is 1. The number of carbonyl (C=O) groups is 2. The van der Waals surface area contributed by atoms with Crippen molar-refractivity contribution in [2.45, 2.75) is 17.9 Å². The lowest BCUT2D eigenvalue weighted by atomic mass is 10.0. The Morgan fingerprint density at radius 1 is 1.00 bits per heavy atom. The predicted octanol–water partition coefficient (Wildman–Crippen LogP) is 3.87. The Bertz CT molecular complexity index is 1520. The zero-order valence-electron chi connectivity index (χ0n) is 18.4. The maximum atomic E-state index is 13.3. The van der Waals surface area contributed by atoms with Crippen LogP contribution in [0.3, 0.4) is 0 Å². The molecule has 0 spiro atoms. The van der Waals surface area contributed by atoms with Gasteiger partial charge in [-0.25, -0.2) is 27.7 Å². The lowest BCUT2D eigenvalue weighted by Crippen LogP contribution is -2.30. The van der Waals surface area contributed by atoms with Crippen molar-refractivity contribution in [3.63, 3.8) is 0 Å². The number of sulfonamides is 1. The maximum Gasteiger partial charge on any atom is 0.339 e. The van der Waals surface area contributed by atoms with Crippen LogP contribution in [0.5, 0.6) is 0 Å². The number of hydrogen-bond acceptors (Lipinski definition) is 6.